The minimum atomic E-state index is -0.0832. The molecule has 4 nitrogen and oxygen atoms in total. The van der Waals surface area contributed by atoms with Crippen molar-refractivity contribution >= 4 is 0 Å². The molecule has 0 N–H and O–H groups in total. The van der Waals surface area contributed by atoms with E-state index in [0.717, 1.165) is 0 Å². The molecule has 0 spiro atoms. The van der Waals surface area contributed by atoms with Gasteiger partial charge >= 0.3 is 0 Å². The van der Waals surface area contributed by atoms with Gasteiger partial charge in [-0.15, -0.1) is 0 Å². The van der Waals surface area contributed by atoms with Crippen LogP contribution in [0.2, 0.25) is 0 Å². The van der Waals surface area contributed by atoms with Gasteiger partial charge in [-0.3, -0.25) is 0 Å². The summed E-state index contributed by atoms with van der Waals surface area (Å²) >= 11 is 0. The normalized spacial score (nSPS) is 23.1. The summed E-state index contributed by atoms with van der Waals surface area (Å²) in [6.07, 6.45) is 9.49. The lowest BCUT2D eigenvalue weighted by Gasteiger charge is -2.45. The predicted molar refractivity (Wildman–Crippen MR) is 114 cm³/mol. The van der Waals surface area contributed by atoms with Crippen LogP contribution in [0.5, 0.6) is 0 Å². The van der Waals surface area contributed by atoms with Crippen LogP contribution in [0.25, 0.3) is 0 Å². The van der Waals surface area contributed by atoms with Crippen molar-refractivity contribution in [2.75, 3.05) is 14.1 Å². The largest absolute Gasteiger partial charge is 0.359 e. The summed E-state index contributed by atoms with van der Waals surface area (Å²) in [6, 6.07) is 6.82. The molecular weight excluding hydrogens is 332 g/mol. The first-order valence-corrected chi connectivity index (χ1v) is 9.97. The van der Waals surface area contributed by atoms with Crippen molar-refractivity contribution in [2.45, 2.75) is 71.9 Å². The fourth-order valence-electron chi connectivity index (χ4n) is 4.79. The highest BCUT2D eigenvalue weighted by atomic mass is 15.4. The second kappa shape index (κ2) is 6.50. The molecule has 1 aromatic carbocycles. The third kappa shape index (κ3) is 2.99. The van der Waals surface area contributed by atoms with Crippen LogP contribution >= 0.6 is 0 Å². The lowest BCUT2D eigenvalue weighted by Crippen LogP contribution is -2.47. The van der Waals surface area contributed by atoms with Gasteiger partial charge in [0, 0.05) is 38.9 Å². The Bertz CT molecular complexity index is 701. The summed E-state index contributed by atoms with van der Waals surface area (Å²) in [5.74, 6) is 0. The van der Waals surface area contributed by atoms with Crippen LogP contribution in [0, 0.1) is 6.92 Å². The van der Waals surface area contributed by atoms with Gasteiger partial charge in [0.1, 0.15) is 0 Å². The average molecular weight is 369 g/mol. The van der Waals surface area contributed by atoms with Gasteiger partial charge in [-0.25, -0.2) is 0 Å². The molecule has 148 valence electrons. The minimum absolute atomic E-state index is 0.0832. The fraction of sp³-hybridized carbons (Fsp3) is 0.565. The van der Waals surface area contributed by atoms with E-state index in [1.807, 2.05) is 0 Å². The highest BCUT2D eigenvalue weighted by Crippen LogP contribution is 2.40. The van der Waals surface area contributed by atoms with Crippen molar-refractivity contribution in [1.82, 2.24) is 19.6 Å². The van der Waals surface area contributed by atoms with E-state index in [4.69, 9.17) is 0 Å². The molecule has 3 rings (SSSR count). The molecule has 0 fully saturated rings. The van der Waals surface area contributed by atoms with Gasteiger partial charge in [-0.2, -0.15) is 0 Å². The molecule has 0 saturated heterocycles. The average Bonchev–Trinajstić information content (AvgIpc) is 3.11. The standard InChI is InChI=1S/C23H36N4/c1-17-20(22(4,5)26-15-13-24(8)18(26)2)11-10-12-21(17)23(6,7)27-16-14-25(9)19(27)3/h10-16,18-19H,1-9H3/t18-,19+. The van der Waals surface area contributed by atoms with E-state index in [-0.39, 0.29) is 11.1 Å². The van der Waals surface area contributed by atoms with Crippen LogP contribution in [0.3, 0.4) is 0 Å². The van der Waals surface area contributed by atoms with Crippen molar-refractivity contribution in [1.29, 1.82) is 0 Å². The van der Waals surface area contributed by atoms with Gasteiger partial charge < -0.3 is 19.6 Å². The van der Waals surface area contributed by atoms with Gasteiger partial charge in [0.15, 0.2) is 0 Å². The maximum Gasteiger partial charge on any atom is 0.0982 e. The highest BCUT2D eigenvalue weighted by Gasteiger charge is 2.39. The number of rotatable bonds is 4. The summed E-state index contributed by atoms with van der Waals surface area (Å²) < 4.78 is 0. The Labute approximate surface area is 165 Å². The molecule has 4 heteroatoms. The number of nitrogens with zero attached hydrogens (tertiary/aromatic N) is 4. The summed E-state index contributed by atoms with van der Waals surface area (Å²) in [4.78, 5) is 9.44. The molecule has 0 aromatic heterocycles. The molecule has 2 heterocycles. The number of hydrogen-bond acceptors (Lipinski definition) is 4. The lowest BCUT2D eigenvalue weighted by atomic mass is 9.81. The third-order valence-electron chi connectivity index (χ3n) is 6.85. The molecule has 0 radical (unpaired) electrons. The zero-order valence-electron chi connectivity index (χ0n) is 18.5. The Balaban J connectivity index is 2.02. The van der Waals surface area contributed by atoms with Crippen LogP contribution in [0.15, 0.2) is 43.0 Å². The molecule has 0 amide bonds. The van der Waals surface area contributed by atoms with Gasteiger partial charge in [0.05, 0.1) is 23.4 Å². The maximum atomic E-state index is 2.46. The smallest absolute Gasteiger partial charge is 0.0982 e. The minimum Gasteiger partial charge on any atom is -0.359 e. The lowest BCUT2D eigenvalue weighted by molar-refractivity contribution is 0.0849. The molecule has 0 saturated carbocycles. The van der Waals surface area contributed by atoms with E-state index in [1.165, 1.54) is 16.7 Å². The SMILES string of the molecule is Cc1c(C(C)(C)N2C=CN(C)[C@H]2C)cccc1C(C)(C)N1C=CN(C)[C@@H]1C. The van der Waals surface area contributed by atoms with Crippen molar-refractivity contribution in [2.24, 2.45) is 0 Å². The number of benzene rings is 1. The zero-order valence-corrected chi connectivity index (χ0v) is 18.5. The van der Waals surface area contributed by atoms with Gasteiger partial charge in [0.2, 0.25) is 0 Å². The molecule has 2 aliphatic heterocycles. The Hall–Kier alpha value is -2.10. The molecule has 0 unspecified atom stereocenters. The summed E-state index contributed by atoms with van der Waals surface area (Å²) in [7, 11) is 4.28. The van der Waals surface area contributed by atoms with Crippen LogP contribution in [-0.2, 0) is 11.1 Å². The Morgan fingerprint density at radius 3 is 1.37 bits per heavy atom. The molecule has 27 heavy (non-hydrogen) atoms. The third-order valence-corrected chi connectivity index (χ3v) is 6.85. The van der Waals surface area contributed by atoms with E-state index in [1.54, 1.807) is 0 Å². The Morgan fingerprint density at radius 1 is 0.704 bits per heavy atom. The Morgan fingerprint density at radius 2 is 1.07 bits per heavy atom. The summed E-state index contributed by atoms with van der Waals surface area (Å²) in [6.45, 7) is 16.1. The second-order valence-corrected chi connectivity index (χ2v) is 9.10. The molecule has 0 bridgehead atoms. The van der Waals surface area contributed by atoms with Crippen LogP contribution in [0.1, 0.15) is 58.2 Å². The zero-order chi connectivity index (χ0) is 20.1. The first-order chi connectivity index (χ1) is 12.5. The highest BCUT2D eigenvalue weighted by molar-refractivity contribution is 5.42. The fourth-order valence-corrected chi connectivity index (χ4v) is 4.79. The molecule has 2 atom stereocenters. The van der Waals surface area contributed by atoms with Crippen LogP contribution in [0.4, 0.5) is 0 Å². The summed E-state index contributed by atoms with van der Waals surface area (Å²) in [5, 5.41) is 0. The van der Waals surface area contributed by atoms with E-state index < -0.39 is 0 Å². The van der Waals surface area contributed by atoms with E-state index in [9.17, 15) is 0 Å². The van der Waals surface area contributed by atoms with Crippen molar-refractivity contribution in [3.05, 3.63) is 59.7 Å². The van der Waals surface area contributed by atoms with Crippen LogP contribution < -0.4 is 0 Å². The Kier molecular flexibility index (Phi) is 4.73. The van der Waals surface area contributed by atoms with E-state index in [0.29, 0.717) is 12.3 Å². The second-order valence-electron chi connectivity index (χ2n) is 9.10. The van der Waals surface area contributed by atoms with Gasteiger partial charge in [-0.05, 0) is 65.2 Å². The van der Waals surface area contributed by atoms with Crippen molar-refractivity contribution in [3.63, 3.8) is 0 Å². The monoisotopic (exact) mass is 368 g/mol. The summed E-state index contributed by atoms with van der Waals surface area (Å²) in [5.41, 5.74) is 4.01. The predicted octanol–water partition coefficient (Wildman–Crippen LogP) is 4.59. The van der Waals surface area contributed by atoms with Crippen molar-refractivity contribution in [3.8, 4) is 0 Å². The quantitative estimate of drug-likeness (QED) is 0.770. The van der Waals surface area contributed by atoms with E-state index >= 15 is 0 Å². The van der Waals surface area contributed by atoms with E-state index in [2.05, 4.69) is 125 Å². The molecule has 2 aliphatic rings. The first-order valence-electron chi connectivity index (χ1n) is 9.97. The molecule has 1 aromatic rings. The maximum absolute atomic E-state index is 2.46. The molecule has 0 aliphatic carbocycles. The number of hydrogen-bond donors (Lipinski definition) is 0. The van der Waals surface area contributed by atoms with Gasteiger partial charge in [0.25, 0.3) is 0 Å². The van der Waals surface area contributed by atoms with Crippen molar-refractivity contribution < 1.29 is 0 Å². The molecular formula is C23H36N4. The van der Waals surface area contributed by atoms with Crippen LogP contribution in [-0.4, -0.2) is 46.0 Å². The topological polar surface area (TPSA) is 13.0 Å². The van der Waals surface area contributed by atoms with Gasteiger partial charge in [-0.1, -0.05) is 18.2 Å². The first kappa shape index (κ1) is 19.7.